The highest BCUT2D eigenvalue weighted by Crippen LogP contribution is 2.32. The van der Waals surface area contributed by atoms with Gasteiger partial charge in [-0.1, -0.05) is 18.2 Å². The number of hydrogen-bond acceptors (Lipinski definition) is 4. The van der Waals surface area contributed by atoms with Crippen molar-refractivity contribution in [2.75, 3.05) is 7.11 Å². The van der Waals surface area contributed by atoms with Crippen LogP contribution in [0.25, 0.3) is 10.8 Å². The first kappa shape index (κ1) is 12.0. The van der Waals surface area contributed by atoms with Crippen molar-refractivity contribution >= 4 is 22.4 Å². The van der Waals surface area contributed by atoms with E-state index in [1.165, 1.54) is 7.11 Å². The van der Waals surface area contributed by atoms with Crippen molar-refractivity contribution in [1.29, 1.82) is 0 Å². The molecule has 2 rings (SSSR count). The average molecular weight is 245 g/mol. The Morgan fingerprint density at radius 1 is 1.33 bits per heavy atom. The molecule has 2 aromatic rings. The summed E-state index contributed by atoms with van der Waals surface area (Å²) < 4.78 is 4.64. The largest absolute Gasteiger partial charge is 0.465 e. The van der Waals surface area contributed by atoms with Gasteiger partial charge in [-0.15, -0.1) is 0 Å². The predicted octanol–water partition coefficient (Wildman–Crippen LogP) is 2.84. The van der Waals surface area contributed by atoms with Crippen molar-refractivity contribution in [3.05, 3.63) is 51.6 Å². The minimum absolute atomic E-state index is 0.0477. The van der Waals surface area contributed by atoms with E-state index in [1.807, 2.05) is 0 Å². The molecule has 0 radical (unpaired) electrons. The van der Waals surface area contributed by atoms with Crippen LogP contribution in [0.15, 0.2) is 30.3 Å². The average Bonchev–Trinajstić information content (AvgIpc) is 2.36. The number of carbonyl (C=O) groups is 1. The minimum Gasteiger partial charge on any atom is -0.465 e. The van der Waals surface area contributed by atoms with Gasteiger partial charge >= 0.3 is 5.97 Å². The highest BCUT2D eigenvalue weighted by molar-refractivity contribution is 6.01. The van der Waals surface area contributed by atoms with Crippen molar-refractivity contribution in [3.8, 4) is 0 Å². The summed E-state index contributed by atoms with van der Waals surface area (Å²) >= 11 is 0. The molecule has 0 aromatic heterocycles. The van der Waals surface area contributed by atoms with E-state index in [1.54, 1.807) is 37.3 Å². The van der Waals surface area contributed by atoms with Crippen LogP contribution in [0.3, 0.4) is 0 Å². The van der Waals surface area contributed by atoms with E-state index in [0.29, 0.717) is 16.3 Å². The third-order valence-electron chi connectivity index (χ3n) is 2.86. The zero-order valence-corrected chi connectivity index (χ0v) is 9.97. The molecule has 0 aliphatic heterocycles. The van der Waals surface area contributed by atoms with E-state index in [9.17, 15) is 14.9 Å². The lowest BCUT2D eigenvalue weighted by Gasteiger charge is -2.07. The van der Waals surface area contributed by atoms with Gasteiger partial charge in [-0.25, -0.2) is 4.79 Å². The van der Waals surface area contributed by atoms with Gasteiger partial charge < -0.3 is 4.74 Å². The van der Waals surface area contributed by atoms with Crippen LogP contribution in [-0.4, -0.2) is 18.0 Å². The van der Waals surface area contributed by atoms with Gasteiger partial charge in [0, 0.05) is 5.56 Å². The Morgan fingerprint density at radius 3 is 2.61 bits per heavy atom. The molecule has 92 valence electrons. The monoisotopic (exact) mass is 245 g/mol. The van der Waals surface area contributed by atoms with Gasteiger partial charge in [0.1, 0.15) is 0 Å². The van der Waals surface area contributed by atoms with Gasteiger partial charge in [-0.2, -0.15) is 0 Å². The number of nitro groups is 1. The second kappa shape index (κ2) is 4.44. The summed E-state index contributed by atoms with van der Waals surface area (Å²) in [5.74, 6) is -0.568. The predicted molar refractivity (Wildman–Crippen MR) is 66.7 cm³/mol. The summed E-state index contributed by atoms with van der Waals surface area (Å²) in [6.45, 7) is 1.55. The molecular weight excluding hydrogens is 234 g/mol. The number of methoxy groups -OCH3 is 1. The normalized spacial score (nSPS) is 10.3. The fourth-order valence-electron chi connectivity index (χ4n) is 1.99. The zero-order valence-electron chi connectivity index (χ0n) is 9.97. The first-order valence-corrected chi connectivity index (χ1v) is 5.31. The highest BCUT2D eigenvalue weighted by Gasteiger charge is 2.22. The second-order valence-corrected chi connectivity index (χ2v) is 3.87. The molecule has 0 N–H and O–H groups in total. The maximum absolute atomic E-state index is 11.6. The van der Waals surface area contributed by atoms with Gasteiger partial charge in [0.25, 0.3) is 5.69 Å². The maximum Gasteiger partial charge on any atom is 0.338 e. The van der Waals surface area contributed by atoms with Crippen LogP contribution in [0, 0.1) is 17.0 Å². The van der Waals surface area contributed by atoms with E-state index in [-0.39, 0.29) is 11.3 Å². The van der Waals surface area contributed by atoms with Crippen molar-refractivity contribution in [2.45, 2.75) is 6.92 Å². The van der Waals surface area contributed by atoms with Gasteiger partial charge in [-0.3, -0.25) is 10.1 Å². The molecule has 0 spiro atoms. The molecule has 0 aliphatic carbocycles. The Kier molecular flexibility index (Phi) is 2.97. The number of esters is 1. The molecule has 0 unspecified atom stereocenters. The van der Waals surface area contributed by atoms with Crippen LogP contribution in [-0.2, 0) is 4.74 Å². The Hall–Kier alpha value is -2.43. The number of fused-ring (bicyclic) bond motifs is 1. The van der Waals surface area contributed by atoms with Crippen molar-refractivity contribution in [3.63, 3.8) is 0 Å². The van der Waals surface area contributed by atoms with E-state index in [4.69, 9.17) is 0 Å². The molecule has 5 heteroatoms. The summed E-state index contributed by atoms with van der Waals surface area (Å²) in [6.07, 6.45) is 0. The number of ether oxygens (including phenoxy) is 1. The number of hydrogen-bond donors (Lipinski definition) is 0. The van der Waals surface area contributed by atoms with Gasteiger partial charge in [0.05, 0.1) is 23.0 Å². The maximum atomic E-state index is 11.6. The summed E-state index contributed by atoms with van der Waals surface area (Å²) in [5.41, 5.74) is 0.502. The molecule has 0 amide bonds. The first-order chi connectivity index (χ1) is 8.56. The number of nitro benzene ring substituents is 1. The zero-order chi connectivity index (χ0) is 13.3. The Bertz CT molecular complexity index is 649. The SMILES string of the molecule is COC(=O)c1cc2ccccc2c([N+](=O)[O-])c1C. The summed E-state index contributed by atoms with van der Waals surface area (Å²) in [5, 5.41) is 12.3. The minimum atomic E-state index is -0.568. The number of carbonyl (C=O) groups excluding carboxylic acids is 1. The highest BCUT2D eigenvalue weighted by atomic mass is 16.6. The van der Waals surface area contributed by atoms with E-state index < -0.39 is 10.9 Å². The van der Waals surface area contributed by atoms with Gasteiger partial charge in [-0.05, 0) is 24.4 Å². The molecular formula is C13H11NO4. The molecule has 18 heavy (non-hydrogen) atoms. The van der Waals surface area contributed by atoms with E-state index in [0.717, 1.165) is 0 Å². The summed E-state index contributed by atoms with van der Waals surface area (Å²) in [6, 6.07) is 8.51. The van der Waals surface area contributed by atoms with Crippen LogP contribution >= 0.6 is 0 Å². The van der Waals surface area contributed by atoms with Crippen molar-refractivity contribution in [1.82, 2.24) is 0 Å². The Balaban J connectivity index is 2.88. The lowest BCUT2D eigenvalue weighted by Crippen LogP contribution is -2.06. The molecule has 0 bridgehead atoms. The fourth-order valence-corrected chi connectivity index (χ4v) is 1.99. The number of nitrogens with zero attached hydrogens (tertiary/aromatic N) is 1. The van der Waals surface area contributed by atoms with E-state index >= 15 is 0 Å². The molecule has 0 aliphatic rings. The molecule has 0 heterocycles. The second-order valence-electron chi connectivity index (χ2n) is 3.87. The third kappa shape index (κ3) is 1.79. The van der Waals surface area contributed by atoms with Gasteiger partial charge in [0.15, 0.2) is 0 Å². The van der Waals surface area contributed by atoms with Crippen molar-refractivity contribution in [2.24, 2.45) is 0 Å². The lowest BCUT2D eigenvalue weighted by molar-refractivity contribution is -0.383. The van der Waals surface area contributed by atoms with Crippen LogP contribution < -0.4 is 0 Å². The quantitative estimate of drug-likeness (QED) is 0.463. The standard InChI is InChI=1S/C13H11NO4/c1-8-11(13(15)18-2)7-9-5-3-4-6-10(9)12(8)14(16)17/h3-7H,1-2H3. The molecule has 0 fully saturated rings. The van der Waals surface area contributed by atoms with Crippen LogP contribution in [0.4, 0.5) is 5.69 Å². The summed E-state index contributed by atoms with van der Waals surface area (Å²) in [7, 11) is 1.25. The number of rotatable bonds is 2. The van der Waals surface area contributed by atoms with Crippen LogP contribution in [0.5, 0.6) is 0 Å². The fraction of sp³-hybridized carbons (Fsp3) is 0.154. The Morgan fingerprint density at radius 2 is 2.00 bits per heavy atom. The lowest BCUT2D eigenvalue weighted by atomic mass is 9.99. The molecule has 0 atom stereocenters. The van der Waals surface area contributed by atoms with Crippen LogP contribution in [0.1, 0.15) is 15.9 Å². The first-order valence-electron chi connectivity index (χ1n) is 5.31. The smallest absolute Gasteiger partial charge is 0.338 e. The molecule has 5 nitrogen and oxygen atoms in total. The van der Waals surface area contributed by atoms with E-state index in [2.05, 4.69) is 4.74 Å². The molecule has 0 saturated carbocycles. The summed E-state index contributed by atoms with van der Waals surface area (Å²) in [4.78, 5) is 22.3. The topological polar surface area (TPSA) is 69.4 Å². The van der Waals surface area contributed by atoms with Gasteiger partial charge in [0.2, 0.25) is 0 Å². The third-order valence-corrected chi connectivity index (χ3v) is 2.86. The molecule has 0 saturated heterocycles. The Labute approximate surface area is 103 Å². The molecule has 2 aromatic carbocycles. The van der Waals surface area contributed by atoms with Crippen molar-refractivity contribution < 1.29 is 14.5 Å². The number of benzene rings is 2. The van der Waals surface area contributed by atoms with Crippen LogP contribution in [0.2, 0.25) is 0 Å².